The van der Waals surface area contributed by atoms with E-state index < -0.39 is 11.7 Å². The van der Waals surface area contributed by atoms with E-state index in [2.05, 4.69) is 4.98 Å². The molecule has 0 aliphatic carbocycles. The summed E-state index contributed by atoms with van der Waals surface area (Å²) in [5.41, 5.74) is -0.840. The van der Waals surface area contributed by atoms with E-state index >= 15 is 0 Å². The van der Waals surface area contributed by atoms with E-state index in [4.69, 9.17) is 14.2 Å². The van der Waals surface area contributed by atoms with Gasteiger partial charge in [-0.25, -0.2) is 4.98 Å². The van der Waals surface area contributed by atoms with Crippen LogP contribution in [0.5, 0.6) is 17.4 Å². The zero-order chi connectivity index (χ0) is 19.9. The van der Waals surface area contributed by atoms with Crippen molar-refractivity contribution in [3.05, 3.63) is 48.2 Å². The van der Waals surface area contributed by atoms with Gasteiger partial charge in [-0.2, -0.15) is 13.2 Å². The molecule has 8 heteroatoms. The highest BCUT2D eigenvalue weighted by molar-refractivity contribution is 5.68. The molecule has 0 unspecified atom stereocenters. The molecular formula is C19H20F3NO4. The summed E-state index contributed by atoms with van der Waals surface area (Å²) in [5.74, 6) is 0.724. The van der Waals surface area contributed by atoms with E-state index in [1.165, 1.54) is 0 Å². The summed E-state index contributed by atoms with van der Waals surface area (Å²) in [6, 6.07) is 8.60. The van der Waals surface area contributed by atoms with Crippen LogP contribution in [-0.4, -0.2) is 23.7 Å². The number of aromatic nitrogens is 1. The molecule has 0 amide bonds. The Morgan fingerprint density at radius 1 is 1.07 bits per heavy atom. The molecule has 5 nitrogen and oxygen atoms in total. The molecule has 1 atom stereocenters. The summed E-state index contributed by atoms with van der Waals surface area (Å²) in [7, 11) is 0. The standard InChI is InChI=1S/C19H20F3NO4/c1-3-14(12-25-18(24)4-2)26-15-6-8-16(9-7-15)27-17-10-5-13(11-23-17)19(20,21)22/h5-11,14H,3-4,12H2,1-2H3/t14-/m1/s1. The molecule has 27 heavy (non-hydrogen) atoms. The SMILES string of the molecule is CCC(=O)OC[C@@H](CC)Oc1ccc(Oc2ccc(C(F)(F)F)cn2)cc1. The molecule has 0 aliphatic heterocycles. The van der Waals surface area contributed by atoms with Gasteiger partial charge in [0, 0.05) is 18.7 Å². The topological polar surface area (TPSA) is 57.7 Å². The minimum atomic E-state index is -4.44. The fraction of sp³-hybridized carbons (Fsp3) is 0.368. The van der Waals surface area contributed by atoms with Crippen molar-refractivity contribution in [1.82, 2.24) is 4.98 Å². The highest BCUT2D eigenvalue weighted by Crippen LogP contribution is 2.30. The van der Waals surface area contributed by atoms with E-state index in [1.54, 1.807) is 31.2 Å². The third-order valence-electron chi connectivity index (χ3n) is 3.59. The number of ether oxygens (including phenoxy) is 3. The summed E-state index contributed by atoms with van der Waals surface area (Å²) < 4.78 is 53.8. The first-order valence-electron chi connectivity index (χ1n) is 8.45. The fourth-order valence-electron chi connectivity index (χ4n) is 2.03. The van der Waals surface area contributed by atoms with Crippen LogP contribution in [0, 0.1) is 0 Å². The summed E-state index contributed by atoms with van der Waals surface area (Å²) in [6.45, 7) is 3.80. The second-order valence-electron chi connectivity index (χ2n) is 5.64. The number of carbonyl (C=O) groups excluding carboxylic acids is 1. The van der Waals surface area contributed by atoms with Crippen LogP contribution in [0.1, 0.15) is 32.3 Å². The largest absolute Gasteiger partial charge is 0.487 e. The van der Waals surface area contributed by atoms with Crippen molar-refractivity contribution in [2.75, 3.05) is 6.61 Å². The van der Waals surface area contributed by atoms with Crippen LogP contribution in [0.15, 0.2) is 42.6 Å². The van der Waals surface area contributed by atoms with Gasteiger partial charge in [-0.1, -0.05) is 13.8 Å². The van der Waals surface area contributed by atoms with Gasteiger partial charge in [0.1, 0.15) is 24.2 Å². The Bertz CT molecular complexity index is 730. The van der Waals surface area contributed by atoms with Crippen molar-refractivity contribution in [2.24, 2.45) is 0 Å². The minimum Gasteiger partial charge on any atom is -0.487 e. The van der Waals surface area contributed by atoms with Crippen LogP contribution in [0.3, 0.4) is 0 Å². The van der Waals surface area contributed by atoms with Crippen molar-refractivity contribution < 1.29 is 32.2 Å². The number of benzene rings is 1. The lowest BCUT2D eigenvalue weighted by Gasteiger charge is -2.17. The lowest BCUT2D eigenvalue weighted by atomic mass is 10.2. The molecule has 0 radical (unpaired) electrons. The van der Waals surface area contributed by atoms with E-state index in [1.807, 2.05) is 6.92 Å². The third kappa shape index (κ3) is 6.47. The number of hydrogen-bond acceptors (Lipinski definition) is 5. The van der Waals surface area contributed by atoms with Crippen LogP contribution < -0.4 is 9.47 Å². The van der Waals surface area contributed by atoms with Gasteiger partial charge >= 0.3 is 12.1 Å². The van der Waals surface area contributed by atoms with Crippen molar-refractivity contribution in [3.8, 4) is 17.4 Å². The van der Waals surface area contributed by atoms with Crippen molar-refractivity contribution in [1.29, 1.82) is 0 Å². The van der Waals surface area contributed by atoms with Crippen molar-refractivity contribution in [3.63, 3.8) is 0 Å². The highest BCUT2D eigenvalue weighted by Gasteiger charge is 2.30. The summed E-state index contributed by atoms with van der Waals surface area (Å²) in [5, 5.41) is 0. The first kappa shape index (κ1) is 20.5. The summed E-state index contributed by atoms with van der Waals surface area (Å²) in [4.78, 5) is 14.9. The maximum atomic E-state index is 12.5. The molecule has 0 N–H and O–H groups in total. The van der Waals surface area contributed by atoms with Crippen LogP contribution >= 0.6 is 0 Å². The van der Waals surface area contributed by atoms with Crippen molar-refractivity contribution >= 4 is 5.97 Å². The Hall–Kier alpha value is -2.77. The lowest BCUT2D eigenvalue weighted by molar-refractivity contribution is -0.145. The zero-order valence-corrected chi connectivity index (χ0v) is 15.0. The fourth-order valence-corrected chi connectivity index (χ4v) is 2.03. The Morgan fingerprint density at radius 3 is 2.26 bits per heavy atom. The van der Waals surface area contributed by atoms with Gasteiger partial charge in [-0.05, 0) is 36.8 Å². The Labute approximate surface area is 155 Å². The van der Waals surface area contributed by atoms with Gasteiger partial charge in [0.05, 0.1) is 5.56 Å². The number of nitrogens with zero attached hydrogens (tertiary/aromatic N) is 1. The number of rotatable bonds is 8. The number of pyridine rings is 1. The monoisotopic (exact) mass is 383 g/mol. The van der Waals surface area contributed by atoms with E-state index in [9.17, 15) is 18.0 Å². The minimum absolute atomic E-state index is 0.0505. The molecule has 1 aromatic heterocycles. The van der Waals surface area contributed by atoms with Crippen LogP contribution in [0.25, 0.3) is 0 Å². The van der Waals surface area contributed by atoms with Gasteiger partial charge < -0.3 is 14.2 Å². The number of esters is 1. The molecule has 2 aromatic rings. The van der Waals surface area contributed by atoms with Crippen LogP contribution in [0.2, 0.25) is 0 Å². The average molecular weight is 383 g/mol. The van der Waals surface area contributed by atoms with Crippen LogP contribution in [-0.2, 0) is 15.7 Å². The number of alkyl halides is 3. The highest BCUT2D eigenvalue weighted by atomic mass is 19.4. The molecule has 0 saturated carbocycles. The predicted octanol–water partition coefficient (Wildman–Crippen LogP) is 5.00. The second-order valence-corrected chi connectivity index (χ2v) is 5.64. The first-order valence-corrected chi connectivity index (χ1v) is 8.45. The normalized spacial score (nSPS) is 12.3. The van der Waals surface area contributed by atoms with E-state index in [-0.39, 0.29) is 24.6 Å². The maximum Gasteiger partial charge on any atom is 0.417 e. The molecule has 1 aromatic carbocycles. The van der Waals surface area contributed by atoms with Crippen molar-refractivity contribution in [2.45, 2.75) is 39.0 Å². The van der Waals surface area contributed by atoms with Gasteiger partial charge in [0.15, 0.2) is 0 Å². The molecule has 0 aliphatic rings. The molecule has 0 fully saturated rings. The second kappa shape index (κ2) is 9.25. The van der Waals surface area contributed by atoms with E-state index in [0.717, 1.165) is 18.3 Å². The van der Waals surface area contributed by atoms with Crippen LogP contribution in [0.4, 0.5) is 13.2 Å². The first-order chi connectivity index (χ1) is 12.8. The summed E-state index contributed by atoms with van der Waals surface area (Å²) in [6.07, 6.45) is -3.03. The smallest absolute Gasteiger partial charge is 0.417 e. The zero-order valence-electron chi connectivity index (χ0n) is 15.0. The Balaban J connectivity index is 1.93. The van der Waals surface area contributed by atoms with E-state index in [0.29, 0.717) is 24.3 Å². The molecule has 2 rings (SSSR count). The molecule has 0 spiro atoms. The Morgan fingerprint density at radius 2 is 1.74 bits per heavy atom. The molecule has 0 saturated heterocycles. The predicted molar refractivity (Wildman–Crippen MR) is 91.7 cm³/mol. The average Bonchev–Trinajstić information content (AvgIpc) is 2.65. The van der Waals surface area contributed by atoms with Gasteiger partial charge in [-0.15, -0.1) is 0 Å². The maximum absolute atomic E-state index is 12.5. The molecule has 0 bridgehead atoms. The number of hydrogen-bond donors (Lipinski definition) is 0. The number of carbonyl (C=O) groups is 1. The molecular weight excluding hydrogens is 363 g/mol. The van der Waals surface area contributed by atoms with Gasteiger partial charge in [0.25, 0.3) is 0 Å². The summed E-state index contributed by atoms with van der Waals surface area (Å²) >= 11 is 0. The quantitative estimate of drug-likeness (QED) is 0.600. The lowest BCUT2D eigenvalue weighted by Crippen LogP contribution is -2.24. The number of halogens is 3. The molecule has 1 heterocycles. The third-order valence-corrected chi connectivity index (χ3v) is 3.59. The molecule has 146 valence electrons. The van der Waals surface area contributed by atoms with Gasteiger partial charge in [-0.3, -0.25) is 4.79 Å². The van der Waals surface area contributed by atoms with Gasteiger partial charge in [0.2, 0.25) is 5.88 Å². The Kier molecular flexibility index (Phi) is 7.04.